The van der Waals surface area contributed by atoms with E-state index in [0.29, 0.717) is 11.3 Å². The molecule has 2 aromatic carbocycles. The second-order valence-corrected chi connectivity index (χ2v) is 7.61. The maximum Gasteiger partial charge on any atom is 0.255 e. The summed E-state index contributed by atoms with van der Waals surface area (Å²) in [5.74, 6) is -0.0328. The second kappa shape index (κ2) is 9.66. The summed E-state index contributed by atoms with van der Waals surface area (Å²) in [7, 11) is 0. The Morgan fingerprint density at radius 1 is 0.871 bits per heavy atom. The van der Waals surface area contributed by atoms with E-state index in [0.717, 1.165) is 50.5 Å². The van der Waals surface area contributed by atoms with Crippen LogP contribution in [0.1, 0.15) is 22.3 Å². The fourth-order valence-corrected chi connectivity index (χ4v) is 3.66. The normalized spacial score (nSPS) is 14.8. The minimum atomic E-state index is -0.378. The van der Waals surface area contributed by atoms with Gasteiger partial charge in [0.25, 0.3) is 5.91 Å². The van der Waals surface area contributed by atoms with Crippen molar-refractivity contribution in [3.05, 3.63) is 89.6 Å². The molecule has 1 amide bonds. The smallest absolute Gasteiger partial charge is 0.255 e. The fraction of sp³-hybridized carbons (Fsp3) is 0.250. The SMILES string of the molecule is O=C(Nc1ccc(N2CCCN(Cc3ccc(F)cc3)CC2)nc1)c1ccc(F)cc1. The zero-order chi connectivity index (χ0) is 21.6. The molecule has 0 spiro atoms. The summed E-state index contributed by atoms with van der Waals surface area (Å²) in [6.45, 7) is 4.40. The third-order valence-corrected chi connectivity index (χ3v) is 5.34. The number of pyridine rings is 1. The standard InChI is InChI=1S/C24H24F2N4O/c25-20-6-2-18(3-7-20)17-29-12-1-13-30(15-14-29)23-11-10-22(16-27-23)28-24(31)19-4-8-21(26)9-5-19/h2-11,16H,1,12-15,17H2,(H,28,31). The summed E-state index contributed by atoms with van der Waals surface area (Å²) in [4.78, 5) is 21.4. The highest BCUT2D eigenvalue weighted by atomic mass is 19.1. The third-order valence-electron chi connectivity index (χ3n) is 5.34. The number of hydrogen-bond donors (Lipinski definition) is 1. The molecule has 0 radical (unpaired) electrons. The van der Waals surface area contributed by atoms with Gasteiger partial charge in [-0.3, -0.25) is 9.69 Å². The molecule has 1 aliphatic heterocycles. The quantitative estimate of drug-likeness (QED) is 0.665. The number of anilines is 2. The first-order valence-corrected chi connectivity index (χ1v) is 10.3. The number of halogens is 2. The second-order valence-electron chi connectivity index (χ2n) is 7.61. The number of aromatic nitrogens is 1. The van der Waals surface area contributed by atoms with Crippen LogP contribution in [0.4, 0.5) is 20.3 Å². The van der Waals surface area contributed by atoms with E-state index in [-0.39, 0.29) is 17.5 Å². The van der Waals surface area contributed by atoms with Crippen molar-refractivity contribution in [2.45, 2.75) is 13.0 Å². The molecule has 0 saturated carbocycles. The molecule has 5 nitrogen and oxygen atoms in total. The topological polar surface area (TPSA) is 48.5 Å². The highest BCUT2D eigenvalue weighted by molar-refractivity contribution is 6.04. The van der Waals surface area contributed by atoms with E-state index in [4.69, 9.17) is 0 Å². The van der Waals surface area contributed by atoms with Crippen LogP contribution < -0.4 is 10.2 Å². The summed E-state index contributed by atoms with van der Waals surface area (Å²) in [6.07, 6.45) is 2.64. The summed E-state index contributed by atoms with van der Waals surface area (Å²) < 4.78 is 26.1. The number of rotatable bonds is 5. The molecule has 1 fully saturated rings. The summed E-state index contributed by atoms with van der Waals surface area (Å²) in [5, 5.41) is 2.78. The number of carbonyl (C=O) groups is 1. The molecule has 0 aliphatic carbocycles. The van der Waals surface area contributed by atoms with Gasteiger partial charge in [-0.25, -0.2) is 13.8 Å². The molecule has 2 heterocycles. The molecular formula is C24H24F2N4O. The Hall–Kier alpha value is -3.32. The average molecular weight is 422 g/mol. The van der Waals surface area contributed by atoms with Crippen molar-refractivity contribution in [1.82, 2.24) is 9.88 Å². The van der Waals surface area contributed by atoms with Crippen LogP contribution in [-0.4, -0.2) is 42.0 Å². The molecule has 0 bridgehead atoms. The van der Waals surface area contributed by atoms with E-state index in [1.807, 2.05) is 24.3 Å². The summed E-state index contributed by atoms with van der Waals surface area (Å²) in [6, 6.07) is 15.8. The van der Waals surface area contributed by atoms with Gasteiger partial charge in [0.15, 0.2) is 0 Å². The van der Waals surface area contributed by atoms with Crippen LogP contribution >= 0.6 is 0 Å². The Labute approximate surface area is 180 Å². The van der Waals surface area contributed by atoms with Crippen molar-refractivity contribution >= 4 is 17.4 Å². The predicted molar refractivity (Wildman–Crippen MR) is 117 cm³/mol. The van der Waals surface area contributed by atoms with E-state index in [1.54, 1.807) is 6.20 Å². The highest BCUT2D eigenvalue weighted by Crippen LogP contribution is 2.18. The zero-order valence-electron chi connectivity index (χ0n) is 17.1. The van der Waals surface area contributed by atoms with Gasteiger partial charge in [0.1, 0.15) is 17.5 Å². The largest absolute Gasteiger partial charge is 0.355 e. The molecule has 1 N–H and O–H groups in total. The summed E-state index contributed by atoms with van der Waals surface area (Å²) >= 11 is 0. The van der Waals surface area contributed by atoms with Gasteiger partial charge < -0.3 is 10.2 Å². The van der Waals surface area contributed by atoms with Crippen LogP contribution in [-0.2, 0) is 6.54 Å². The third kappa shape index (κ3) is 5.64. The lowest BCUT2D eigenvalue weighted by Gasteiger charge is -2.23. The van der Waals surface area contributed by atoms with Gasteiger partial charge in [0, 0.05) is 38.3 Å². The van der Waals surface area contributed by atoms with Crippen LogP contribution in [0.15, 0.2) is 66.9 Å². The first-order valence-electron chi connectivity index (χ1n) is 10.3. The van der Waals surface area contributed by atoms with Gasteiger partial charge >= 0.3 is 0 Å². The molecule has 31 heavy (non-hydrogen) atoms. The maximum atomic E-state index is 13.1. The molecule has 7 heteroatoms. The Balaban J connectivity index is 1.32. The van der Waals surface area contributed by atoms with Gasteiger partial charge in [-0.15, -0.1) is 0 Å². The maximum absolute atomic E-state index is 13.1. The number of amides is 1. The van der Waals surface area contributed by atoms with Crippen molar-refractivity contribution in [1.29, 1.82) is 0 Å². The first kappa shape index (κ1) is 20.9. The lowest BCUT2D eigenvalue weighted by atomic mass is 10.2. The average Bonchev–Trinajstić information content (AvgIpc) is 3.02. The van der Waals surface area contributed by atoms with Gasteiger partial charge in [-0.2, -0.15) is 0 Å². The fourth-order valence-electron chi connectivity index (χ4n) is 3.66. The van der Waals surface area contributed by atoms with E-state index in [9.17, 15) is 13.6 Å². The molecule has 3 aromatic rings. The number of benzene rings is 2. The number of carbonyl (C=O) groups excluding carboxylic acids is 1. The lowest BCUT2D eigenvalue weighted by molar-refractivity contribution is 0.102. The van der Waals surface area contributed by atoms with Crippen molar-refractivity contribution in [3.63, 3.8) is 0 Å². The van der Waals surface area contributed by atoms with Crippen molar-refractivity contribution < 1.29 is 13.6 Å². The van der Waals surface area contributed by atoms with Crippen LogP contribution in [0.2, 0.25) is 0 Å². The predicted octanol–water partition coefficient (Wildman–Crippen LogP) is 4.32. The monoisotopic (exact) mass is 422 g/mol. The van der Waals surface area contributed by atoms with Crippen LogP contribution in [0.3, 0.4) is 0 Å². The van der Waals surface area contributed by atoms with Gasteiger partial charge in [-0.05, 0) is 60.5 Å². The van der Waals surface area contributed by atoms with E-state index in [1.165, 1.54) is 36.4 Å². The van der Waals surface area contributed by atoms with Gasteiger partial charge in [-0.1, -0.05) is 12.1 Å². The molecule has 1 aromatic heterocycles. The Morgan fingerprint density at radius 2 is 1.58 bits per heavy atom. The molecule has 4 rings (SSSR count). The minimum Gasteiger partial charge on any atom is -0.355 e. The summed E-state index contributed by atoms with van der Waals surface area (Å²) in [5.41, 5.74) is 2.08. The van der Waals surface area contributed by atoms with Gasteiger partial charge in [0.05, 0.1) is 11.9 Å². The van der Waals surface area contributed by atoms with E-state index < -0.39 is 0 Å². The van der Waals surface area contributed by atoms with Crippen LogP contribution in [0, 0.1) is 11.6 Å². The number of nitrogens with one attached hydrogen (secondary N) is 1. The molecular weight excluding hydrogens is 398 g/mol. The van der Waals surface area contributed by atoms with Crippen molar-refractivity contribution in [2.75, 3.05) is 36.4 Å². The molecule has 0 atom stereocenters. The zero-order valence-corrected chi connectivity index (χ0v) is 17.1. The molecule has 1 saturated heterocycles. The number of hydrogen-bond acceptors (Lipinski definition) is 4. The van der Waals surface area contributed by atoms with Crippen molar-refractivity contribution in [2.24, 2.45) is 0 Å². The van der Waals surface area contributed by atoms with Gasteiger partial charge in [0.2, 0.25) is 0 Å². The lowest BCUT2D eigenvalue weighted by Crippen LogP contribution is -2.31. The number of nitrogens with zero attached hydrogens (tertiary/aromatic N) is 3. The minimum absolute atomic E-state index is 0.214. The van der Waals surface area contributed by atoms with Crippen LogP contribution in [0.5, 0.6) is 0 Å². The molecule has 0 unspecified atom stereocenters. The van der Waals surface area contributed by atoms with E-state index >= 15 is 0 Å². The molecule has 160 valence electrons. The van der Waals surface area contributed by atoms with Crippen LogP contribution in [0.25, 0.3) is 0 Å². The first-order chi connectivity index (χ1) is 15.1. The Kier molecular flexibility index (Phi) is 6.52. The Morgan fingerprint density at radius 3 is 2.26 bits per heavy atom. The van der Waals surface area contributed by atoms with E-state index in [2.05, 4.69) is 20.1 Å². The Bertz CT molecular complexity index is 1010. The molecule has 1 aliphatic rings. The van der Waals surface area contributed by atoms with Crippen molar-refractivity contribution in [3.8, 4) is 0 Å². The highest BCUT2D eigenvalue weighted by Gasteiger charge is 2.16.